The highest BCUT2D eigenvalue weighted by Gasteiger charge is 2.25. The maximum absolute atomic E-state index is 11.4. The molecule has 1 aromatic heterocycles. The fourth-order valence-corrected chi connectivity index (χ4v) is 2.38. The van der Waals surface area contributed by atoms with E-state index in [1.807, 2.05) is 6.92 Å². The summed E-state index contributed by atoms with van der Waals surface area (Å²) < 4.78 is 29.1. The summed E-state index contributed by atoms with van der Waals surface area (Å²) in [5.74, 6) is 0.181. The summed E-state index contributed by atoms with van der Waals surface area (Å²) in [6.07, 6.45) is 1.35. The number of ether oxygens (including phenoxy) is 1. The van der Waals surface area contributed by atoms with Gasteiger partial charge >= 0.3 is 0 Å². The van der Waals surface area contributed by atoms with Gasteiger partial charge in [0.15, 0.2) is 4.90 Å². The summed E-state index contributed by atoms with van der Waals surface area (Å²) in [6, 6.07) is 0. The Kier molecular flexibility index (Phi) is 3.35. The molecule has 6 nitrogen and oxygen atoms in total. The van der Waals surface area contributed by atoms with Crippen LogP contribution in [0, 0.1) is 0 Å². The Morgan fingerprint density at radius 2 is 2.13 bits per heavy atom. The van der Waals surface area contributed by atoms with Crippen molar-refractivity contribution < 1.29 is 13.2 Å². The van der Waals surface area contributed by atoms with Crippen LogP contribution < -0.4 is 9.88 Å². The molecule has 0 atom stereocenters. The van der Waals surface area contributed by atoms with Crippen molar-refractivity contribution in [1.82, 2.24) is 9.78 Å². The molecule has 2 N–H and O–H groups in total. The Balaban J connectivity index is 3.42. The van der Waals surface area contributed by atoms with Gasteiger partial charge in [0.2, 0.25) is 15.9 Å². The van der Waals surface area contributed by atoms with Crippen molar-refractivity contribution in [3.05, 3.63) is 5.69 Å². The lowest BCUT2D eigenvalue weighted by Gasteiger charge is -2.02. The summed E-state index contributed by atoms with van der Waals surface area (Å²) in [5.41, 5.74) is 0.458. The molecule has 0 amide bonds. The van der Waals surface area contributed by atoms with Crippen molar-refractivity contribution in [2.24, 2.45) is 12.2 Å². The maximum atomic E-state index is 11.4. The number of nitrogens with zero attached hydrogens (tertiary/aromatic N) is 2. The molecule has 0 saturated heterocycles. The maximum Gasteiger partial charge on any atom is 0.245 e. The van der Waals surface area contributed by atoms with Gasteiger partial charge in [0.05, 0.1) is 12.8 Å². The second-order valence-electron chi connectivity index (χ2n) is 3.20. The predicted octanol–water partition coefficient (Wildman–Crippen LogP) is 0.0286. The summed E-state index contributed by atoms with van der Waals surface area (Å²) in [5, 5.41) is 9.19. The Morgan fingerprint density at radius 1 is 1.53 bits per heavy atom. The molecule has 1 aromatic rings. The first-order chi connectivity index (χ1) is 6.91. The standard InChI is InChI=1S/C8H15N3O3S/c1-4-5-6-7(15(9,12)13)8(14-3)11(2)10-6/h4-5H2,1-3H3,(H2,9,12,13). The van der Waals surface area contributed by atoms with Crippen molar-refractivity contribution in [2.75, 3.05) is 7.11 Å². The molecule has 0 spiro atoms. The molecule has 0 aliphatic rings. The number of hydrogen-bond acceptors (Lipinski definition) is 4. The van der Waals surface area contributed by atoms with Gasteiger partial charge < -0.3 is 4.74 Å². The van der Waals surface area contributed by atoms with Crippen LogP contribution in [0.1, 0.15) is 19.0 Å². The van der Waals surface area contributed by atoms with Crippen LogP contribution in [0.4, 0.5) is 0 Å². The lowest BCUT2D eigenvalue weighted by atomic mass is 10.2. The number of primary sulfonamides is 1. The minimum Gasteiger partial charge on any atom is -0.480 e. The van der Waals surface area contributed by atoms with Gasteiger partial charge in [0.1, 0.15) is 0 Å². The molecule has 0 bridgehead atoms. The molecule has 0 aliphatic heterocycles. The van der Waals surface area contributed by atoms with Crippen LogP contribution in [-0.2, 0) is 23.5 Å². The fourth-order valence-electron chi connectivity index (χ4n) is 1.45. The Labute approximate surface area is 89.1 Å². The number of rotatable bonds is 4. The predicted molar refractivity (Wildman–Crippen MR) is 55.1 cm³/mol. The highest BCUT2D eigenvalue weighted by atomic mass is 32.2. The lowest BCUT2D eigenvalue weighted by molar-refractivity contribution is 0.363. The zero-order valence-electron chi connectivity index (χ0n) is 9.02. The number of sulfonamides is 1. The van der Waals surface area contributed by atoms with Gasteiger partial charge in [-0.25, -0.2) is 18.2 Å². The van der Waals surface area contributed by atoms with Gasteiger partial charge in [-0.1, -0.05) is 13.3 Å². The highest BCUT2D eigenvalue weighted by Crippen LogP contribution is 2.26. The van der Waals surface area contributed by atoms with Crippen LogP contribution in [0.15, 0.2) is 4.90 Å². The minimum absolute atomic E-state index is 0.00523. The zero-order chi connectivity index (χ0) is 11.6. The average molecular weight is 233 g/mol. The van der Waals surface area contributed by atoms with Gasteiger partial charge in [-0.15, -0.1) is 0 Å². The monoisotopic (exact) mass is 233 g/mol. The third kappa shape index (κ3) is 2.29. The van der Waals surface area contributed by atoms with Crippen LogP contribution in [0.25, 0.3) is 0 Å². The van der Waals surface area contributed by atoms with E-state index < -0.39 is 10.0 Å². The molecule has 0 aromatic carbocycles. The van der Waals surface area contributed by atoms with E-state index in [2.05, 4.69) is 5.10 Å². The molecule has 86 valence electrons. The normalized spacial score (nSPS) is 11.7. The van der Waals surface area contributed by atoms with E-state index in [4.69, 9.17) is 9.88 Å². The van der Waals surface area contributed by atoms with E-state index in [0.717, 1.165) is 6.42 Å². The van der Waals surface area contributed by atoms with Crippen molar-refractivity contribution in [2.45, 2.75) is 24.7 Å². The van der Waals surface area contributed by atoms with E-state index >= 15 is 0 Å². The number of aromatic nitrogens is 2. The van der Waals surface area contributed by atoms with Gasteiger partial charge in [-0.05, 0) is 6.42 Å². The van der Waals surface area contributed by atoms with Gasteiger partial charge in [0, 0.05) is 7.05 Å². The summed E-state index contributed by atoms with van der Waals surface area (Å²) in [7, 11) is -0.778. The van der Waals surface area contributed by atoms with Gasteiger partial charge in [-0.3, -0.25) is 0 Å². The third-order valence-electron chi connectivity index (χ3n) is 1.99. The summed E-state index contributed by atoms with van der Waals surface area (Å²) in [6.45, 7) is 1.94. The minimum atomic E-state index is -3.79. The molecule has 0 unspecified atom stereocenters. The van der Waals surface area contributed by atoms with Crippen molar-refractivity contribution in [3.8, 4) is 5.88 Å². The second-order valence-corrected chi connectivity index (χ2v) is 4.70. The Bertz CT molecular complexity index is 450. The first-order valence-electron chi connectivity index (χ1n) is 4.54. The van der Waals surface area contributed by atoms with Gasteiger partial charge in [0.25, 0.3) is 0 Å². The van der Waals surface area contributed by atoms with E-state index in [9.17, 15) is 8.42 Å². The first-order valence-corrected chi connectivity index (χ1v) is 6.09. The van der Waals surface area contributed by atoms with Crippen LogP contribution >= 0.6 is 0 Å². The molecule has 15 heavy (non-hydrogen) atoms. The first kappa shape index (κ1) is 12.0. The topological polar surface area (TPSA) is 87.2 Å². The van der Waals surface area contributed by atoms with Crippen LogP contribution in [0.3, 0.4) is 0 Å². The summed E-state index contributed by atoms with van der Waals surface area (Å²) >= 11 is 0. The number of nitrogens with two attached hydrogens (primary N) is 1. The smallest absolute Gasteiger partial charge is 0.245 e. The molecule has 0 radical (unpaired) electrons. The molecule has 0 saturated carbocycles. The largest absolute Gasteiger partial charge is 0.480 e. The lowest BCUT2D eigenvalue weighted by Crippen LogP contribution is -2.14. The molecular weight excluding hydrogens is 218 g/mol. The second kappa shape index (κ2) is 4.19. The van der Waals surface area contributed by atoms with Gasteiger partial charge in [-0.2, -0.15) is 5.10 Å². The summed E-state index contributed by atoms with van der Waals surface area (Å²) in [4.78, 5) is -0.00523. The van der Waals surface area contributed by atoms with Crippen molar-refractivity contribution in [1.29, 1.82) is 0 Å². The highest BCUT2D eigenvalue weighted by molar-refractivity contribution is 7.89. The Hall–Kier alpha value is -1.08. The molecule has 0 aliphatic carbocycles. The van der Waals surface area contributed by atoms with E-state index in [1.54, 1.807) is 7.05 Å². The third-order valence-corrected chi connectivity index (χ3v) is 2.96. The van der Waals surface area contributed by atoms with E-state index in [0.29, 0.717) is 12.1 Å². The van der Waals surface area contributed by atoms with Crippen molar-refractivity contribution in [3.63, 3.8) is 0 Å². The zero-order valence-corrected chi connectivity index (χ0v) is 9.84. The molecule has 1 rings (SSSR count). The Morgan fingerprint density at radius 3 is 2.53 bits per heavy atom. The van der Waals surface area contributed by atoms with Crippen molar-refractivity contribution >= 4 is 10.0 Å². The molecule has 1 heterocycles. The van der Waals surface area contributed by atoms with Crippen LogP contribution in [0.2, 0.25) is 0 Å². The van der Waals surface area contributed by atoms with Crippen LogP contribution in [0.5, 0.6) is 5.88 Å². The molecular formula is C8H15N3O3S. The molecule has 0 fully saturated rings. The SMILES string of the molecule is CCCc1nn(C)c(OC)c1S(N)(=O)=O. The van der Waals surface area contributed by atoms with E-state index in [1.165, 1.54) is 11.8 Å². The molecule has 7 heteroatoms. The van der Waals surface area contributed by atoms with E-state index in [-0.39, 0.29) is 10.8 Å². The number of aryl methyl sites for hydroxylation is 2. The fraction of sp³-hybridized carbons (Fsp3) is 0.625. The number of methoxy groups -OCH3 is 1. The number of hydrogen-bond donors (Lipinski definition) is 1. The van der Waals surface area contributed by atoms with Crippen LogP contribution in [-0.4, -0.2) is 25.3 Å². The average Bonchev–Trinajstić information content (AvgIpc) is 2.41. The quantitative estimate of drug-likeness (QED) is 0.794.